The second kappa shape index (κ2) is 52.7. The summed E-state index contributed by atoms with van der Waals surface area (Å²) in [6, 6.07) is 11.5. The van der Waals surface area contributed by atoms with Gasteiger partial charge in [-0.25, -0.2) is 60.4 Å². The van der Waals surface area contributed by atoms with E-state index in [-0.39, 0.29) is 125 Å². The number of carbonyl (C=O) groups is 6. The molecule has 19 atom stereocenters. The first-order valence-electron chi connectivity index (χ1n) is 47.9. The van der Waals surface area contributed by atoms with Gasteiger partial charge in [0.1, 0.15) is 107 Å². The fourth-order valence-corrected chi connectivity index (χ4v) is 21.8. The summed E-state index contributed by atoms with van der Waals surface area (Å²) in [5.74, 6) is -2.14. The Bertz CT molecular complexity index is 5350. The molecule has 0 amide bonds. The highest BCUT2D eigenvalue weighted by Gasteiger charge is 2.58. The smallest absolute Gasteiger partial charge is 0.342 e. The monoisotopic (exact) mass is 2080 g/mol. The number of nitrogens with zero attached hydrogens (tertiary/aromatic N) is 12. The number of aromatic nitrogens is 12. The van der Waals surface area contributed by atoms with Crippen LogP contribution in [0.5, 0.6) is 17.6 Å². The van der Waals surface area contributed by atoms with Crippen LogP contribution in [0, 0.1) is 44.4 Å². The highest BCUT2D eigenvalue weighted by atomic mass is 31.2. The summed E-state index contributed by atoms with van der Waals surface area (Å²) in [6.45, 7) is 33.1. The Morgan fingerprint density at radius 3 is 0.792 bits per heavy atom. The molecule has 0 saturated carbocycles. The average molecular weight is 2090 g/mol. The minimum atomic E-state index is -4.45. The minimum Gasteiger partial charge on any atom is -0.479 e. The van der Waals surface area contributed by atoms with Crippen molar-refractivity contribution in [1.29, 1.82) is 0 Å². The van der Waals surface area contributed by atoms with Crippen molar-refractivity contribution in [2.45, 2.75) is 285 Å². The molecule has 0 radical (unpaired) electrons. The molecule has 6 aromatic heterocycles. The van der Waals surface area contributed by atoms with Crippen molar-refractivity contribution < 1.29 is 144 Å². The number of aryl methyl sites for hydroxylation is 3. The van der Waals surface area contributed by atoms with E-state index in [0.717, 1.165) is 11.1 Å². The topological polar surface area (TPSA) is 616 Å². The van der Waals surface area contributed by atoms with E-state index in [4.69, 9.17) is 70.4 Å². The number of rotatable bonds is 51. The van der Waals surface area contributed by atoms with E-state index in [1.807, 2.05) is 67.5 Å². The van der Waals surface area contributed by atoms with Gasteiger partial charge in [0, 0.05) is 0 Å². The highest BCUT2D eigenvalue weighted by molar-refractivity contribution is 7.55. The van der Waals surface area contributed by atoms with Gasteiger partial charge < -0.3 is 101 Å². The van der Waals surface area contributed by atoms with Gasteiger partial charge >= 0.3 is 58.8 Å². The molecule has 0 aliphatic carbocycles. The molecule has 3 saturated heterocycles. The van der Waals surface area contributed by atoms with Gasteiger partial charge in [-0.05, 0) is 156 Å². The Morgan fingerprint density at radius 1 is 0.368 bits per heavy atom. The second-order valence-electron chi connectivity index (χ2n) is 36.9. The first kappa shape index (κ1) is 118. The number of nitrogens with one attached hydrogen (secondary N) is 6. The first-order chi connectivity index (χ1) is 68.0. The Hall–Kier alpha value is -9.72. The van der Waals surface area contributed by atoms with Crippen LogP contribution in [0.3, 0.4) is 0 Å². The molecule has 0 bridgehead atoms. The maximum Gasteiger partial charge on any atom is 0.342 e. The van der Waals surface area contributed by atoms with Crippen LogP contribution < -0.4 is 44.7 Å². The van der Waals surface area contributed by atoms with Crippen molar-refractivity contribution in [1.82, 2.24) is 89.1 Å². The summed E-state index contributed by atoms with van der Waals surface area (Å²) in [5, 5.41) is 84.9. The number of benzene rings is 2. The first-order valence-corrected chi connectivity index (χ1v) is 52.8. The Labute approximate surface area is 836 Å². The lowest BCUT2D eigenvalue weighted by atomic mass is 9.96. The van der Waals surface area contributed by atoms with Gasteiger partial charge in [-0.1, -0.05) is 116 Å². The van der Waals surface area contributed by atoms with Crippen LogP contribution in [0.25, 0.3) is 33.5 Å². The molecular formula is C93H143N18O30P3. The minimum absolute atomic E-state index is 0.00112. The molecule has 8 aromatic rings. The van der Waals surface area contributed by atoms with Crippen molar-refractivity contribution in [2.75, 3.05) is 80.8 Å². The van der Waals surface area contributed by atoms with Crippen molar-refractivity contribution >= 4 is 92.3 Å². The average Bonchev–Trinajstić information content (AvgIpc) is 1.60. The molecule has 0 spiro atoms. The number of ether oxygens (including phenoxy) is 12. The number of aliphatic hydroxyl groups excluding tert-OH is 3. The number of methoxy groups -OCH3 is 3. The molecule has 12 N–H and O–H groups in total. The fraction of sp³-hybridized carbons (Fsp3) is 0.645. The van der Waals surface area contributed by atoms with Crippen molar-refractivity contribution in [3.8, 4) is 17.6 Å². The molecule has 9 heterocycles. The van der Waals surface area contributed by atoms with Gasteiger partial charge in [0.05, 0.1) is 99.8 Å². The maximum atomic E-state index is 14.9. The van der Waals surface area contributed by atoms with E-state index in [2.05, 4.69) is 75.4 Å². The van der Waals surface area contributed by atoms with Gasteiger partial charge in [-0.3, -0.25) is 56.2 Å². The summed E-state index contributed by atoms with van der Waals surface area (Å²) >= 11 is 0. The second-order valence-corrected chi connectivity index (χ2v) is 42.6. The zero-order valence-corrected chi connectivity index (χ0v) is 88.5. The predicted molar refractivity (Wildman–Crippen MR) is 522 cm³/mol. The highest BCUT2D eigenvalue weighted by Crippen LogP contribution is 2.50. The van der Waals surface area contributed by atoms with E-state index in [9.17, 15) is 73.1 Å². The van der Waals surface area contributed by atoms with Crippen molar-refractivity contribution in [3.05, 3.63) is 108 Å². The SMILES string of the molecule is CCOC(=O)[C@@H](CC(C)C)NP(=O)(N[C@H](CC(C)C)C(=O)OCC)OC[C@H]1O[C@@H](n2cnc3c(OC)nc(C)nc32)[C@@](C)(O)C1O.CCOC(=O)[C@H](CC(C)C)NP(=O)(N[C@@H](CC(C)C)C(=O)OCC)OC[C@H]1O[C@@H](n2cnc3c(OC)nc(C)nc32)[C@@](C)(O)C1O.CCOC(=O)[C@H](Cc1ccccc1)NP(=O)(N[C@H](Cc1ccccc1)C(=O)OCC)OC[C@H]1O[C@@H](n2cnc3c(OC)nc(C)nc32)[C@@](C)(O)C1O. The van der Waals surface area contributed by atoms with Crippen LogP contribution in [0.4, 0.5) is 0 Å². The van der Waals surface area contributed by atoms with Gasteiger partial charge in [-0.2, -0.15) is 15.0 Å². The zero-order chi connectivity index (χ0) is 106. The molecule has 3 fully saturated rings. The Balaban J connectivity index is 0.000000241. The molecule has 4 unspecified atom stereocenters. The van der Waals surface area contributed by atoms with E-state index in [1.165, 1.54) is 74.8 Å². The number of fused-ring (bicyclic) bond motifs is 3. The number of aliphatic hydroxyl groups is 6. The van der Waals surface area contributed by atoms with E-state index in [1.54, 1.807) is 111 Å². The quantitative estimate of drug-likeness (QED) is 0.00990. The van der Waals surface area contributed by atoms with Crippen molar-refractivity contribution in [3.63, 3.8) is 0 Å². The summed E-state index contributed by atoms with van der Waals surface area (Å²) in [5.41, 5.74) is -2.35. The zero-order valence-electron chi connectivity index (χ0n) is 85.8. The van der Waals surface area contributed by atoms with Crippen LogP contribution in [-0.4, -0.2) is 295 Å². The summed E-state index contributed by atoms with van der Waals surface area (Å²) in [4.78, 5) is 117. The third-order valence-corrected chi connectivity index (χ3v) is 28.6. The number of carbonyl (C=O) groups excluding carboxylic acids is 6. The van der Waals surface area contributed by atoms with Gasteiger partial charge in [0.15, 0.2) is 52.2 Å². The fourth-order valence-electron chi connectivity index (χ4n) is 16.4. The van der Waals surface area contributed by atoms with Crippen LogP contribution >= 0.6 is 23.0 Å². The number of hydrogen-bond acceptors (Lipinski definition) is 39. The Morgan fingerprint density at radius 2 is 0.583 bits per heavy atom. The normalized spacial score (nSPS) is 22.9. The van der Waals surface area contributed by atoms with Crippen LogP contribution in [0.15, 0.2) is 79.6 Å². The summed E-state index contributed by atoms with van der Waals surface area (Å²) in [6.07, 6.45) is -6.63. The van der Waals surface area contributed by atoms with Crippen LogP contribution in [-0.2, 0) is 112 Å². The summed E-state index contributed by atoms with van der Waals surface area (Å²) < 4.78 is 132. The number of imidazole rings is 3. The van der Waals surface area contributed by atoms with Crippen molar-refractivity contribution in [2.24, 2.45) is 23.7 Å². The standard InChI is InChI=1S/C35H45N6O10P.2C29H49N6O10P/c1-6-48-32(43)25(18-23-14-10-8-11-15-23)39-52(46,40-26(33(44)49-7-2)19-24-16-12-9-13-17-24)50-20-27-29(42)35(4,45)34(51-27)41-21-36-28-30(41)37-22(3)38-31(28)47-5;2*1-10-42-26(37)19(12-16(3)4)33-46(40,34-20(13-17(5)6)27(38)43-11-2)44-14-21-23(36)29(8,39)28(45-21)35-15-30-22-24(35)31-18(7)32-25(22)41-9/h8-17,21,25-27,29,34,42,45H,6-7,18-20H2,1-5H3,(H2,39,40,46);2*15-17,19-21,23,28,36,39H,10-14H2,1-9H3,(H2,33,34,40)/t25-,26+,27-,29?,34-,35+,52?;19-,20-,21+,23?,28+,29-;19-,20-,21-,23?,28-,29+/m101/s1. The van der Waals surface area contributed by atoms with Gasteiger partial charge in [-0.15, -0.1) is 0 Å². The number of hydrogen-bond donors (Lipinski definition) is 12. The molecule has 51 heteroatoms. The molecule has 48 nitrogen and oxygen atoms in total. The van der Waals surface area contributed by atoms with Gasteiger partial charge in [0.25, 0.3) is 0 Å². The molecule has 3 aliphatic rings. The lowest BCUT2D eigenvalue weighted by molar-refractivity contribution is -0.146. The van der Waals surface area contributed by atoms with Crippen LogP contribution in [0.1, 0.15) is 191 Å². The number of esters is 6. The van der Waals surface area contributed by atoms with E-state index < -0.39 is 187 Å². The molecule has 3 aliphatic heterocycles. The molecule has 800 valence electrons. The molecular weight excluding hydrogens is 1940 g/mol. The molecule has 11 rings (SSSR count). The lowest BCUT2D eigenvalue weighted by Crippen LogP contribution is -2.47. The third-order valence-electron chi connectivity index (χ3n) is 23.1. The van der Waals surface area contributed by atoms with E-state index in [0.29, 0.717) is 45.3 Å². The van der Waals surface area contributed by atoms with Crippen LogP contribution in [0.2, 0.25) is 0 Å². The third kappa shape index (κ3) is 30.5. The van der Waals surface area contributed by atoms with Gasteiger partial charge in [0.2, 0.25) is 17.6 Å². The predicted octanol–water partition coefficient (Wildman–Crippen LogP) is 7.63. The largest absolute Gasteiger partial charge is 0.479 e. The molecule has 2 aromatic carbocycles. The summed E-state index contributed by atoms with van der Waals surface area (Å²) in [7, 11) is -8.69. The lowest BCUT2D eigenvalue weighted by Gasteiger charge is -2.30. The maximum absolute atomic E-state index is 14.9. The van der Waals surface area contributed by atoms with E-state index >= 15 is 0 Å². The molecule has 144 heavy (non-hydrogen) atoms. The Kier molecular flexibility index (Phi) is 43.2.